The molecule has 0 spiro atoms. The molecular formula is C16H19FN2OS. The first-order valence-corrected chi connectivity index (χ1v) is 7.89. The Morgan fingerprint density at radius 1 is 1.43 bits per heavy atom. The van der Waals surface area contributed by atoms with E-state index in [9.17, 15) is 9.18 Å². The van der Waals surface area contributed by atoms with Crippen LogP contribution >= 0.6 is 11.3 Å². The Morgan fingerprint density at radius 3 is 2.95 bits per heavy atom. The van der Waals surface area contributed by atoms with Crippen LogP contribution in [0, 0.1) is 11.7 Å². The van der Waals surface area contributed by atoms with E-state index in [4.69, 9.17) is 0 Å². The standard InChI is InChI=1S/C16H19FN2OS/c1-11(2)8-15(20)18-7-6-14-10-21-16(19-14)12-4-3-5-13(17)9-12/h3-5,9-11H,6-8H2,1-2H3,(H,18,20). The maximum absolute atomic E-state index is 13.2. The van der Waals surface area contributed by atoms with E-state index in [-0.39, 0.29) is 11.7 Å². The Morgan fingerprint density at radius 2 is 2.24 bits per heavy atom. The second-order valence-electron chi connectivity index (χ2n) is 5.35. The van der Waals surface area contributed by atoms with Crippen molar-refractivity contribution >= 4 is 17.2 Å². The van der Waals surface area contributed by atoms with E-state index in [0.717, 1.165) is 16.3 Å². The molecule has 2 rings (SSSR count). The lowest BCUT2D eigenvalue weighted by Crippen LogP contribution is -2.26. The summed E-state index contributed by atoms with van der Waals surface area (Å²) in [4.78, 5) is 16.0. The number of thiazole rings is 1. The molecule has 1 aromatic heterocycles. The minimum Gasteiger partial charge on any atom is -0.356 e. The smallest absolute Gasteiger partial charge is 0.220 e. The number of rotatable bonds is 6. The largest absolute Gasteiger partial charge is 0.356 e. The molecule has 1 N–H and O–H groups in total. The van der Waals surface area contributed by atoms with Gasteiger partial charge < -0.3 is 5.32 Å². The number of carbonyl (C=O) groups is 1. The Bertz CT molecular complexity index is 610. The molecule has 1 heterocycles. The summed E-state index contributed by atoms with van der Waals surface area (Å²) in [6, 6.07) is 6.42. The molecule has 5 heteroatoms. The topological polar surface area (TPSA) is 42.0 Å². The maximum atomic E-state index is 13.2. The fraction of sp³-hybridized carbons (Fsp3) is 0.375. The number of amides is 1. The minimum absolute atomic E-state index is 0.0746. The second kappa shape index (κ2) is 7.31. The van der Waals surface area contributed by atoms with Crippen LogP contribution in [0.3, 0.4) is 0 Å². The normalized spacial score (nSPS) is 10.9. The van der Waals surface area contributed by atoms with Gasteiger partial charge in [0.1, 0.15) is 10.8 Å². The molecule has 1 aromatic carbocycles. The molecule has 3 nitrogen and oxygen atoms in total. The predicted octanol–water partition coefficient (Wildman–Crippen LogP) is 3.65. The molecule has 0 saturated heterocycles. The molecule has 0 aliphatic rings. The summed E-state index contributed by atoms with van der Waals surface area (Å²) in [5, 5.41) is 5.64. The zero-order valence-corrected chi connectivity index (χ0v) is 13.0. The maximum Gasteiger partial charge on any atom is 0.220 e. The molecule has 0 radical (unpaired) electrons. The highest BCUT2D eigenvalue weighted by Gasteiger charge is 2.07. The van der Waals surface area contributed by atoms with Crippen LogP contribution in [0.4, 0.5) is 4.39 Å². The van der Waals surface area contributed by atoms with E-state index < -0.39 is 0 Å². The first-order valence-electron chi connectivity index (χ1n) is 7.01. The Labute approximate surface area is 128 Å². The monoisotopic (exact) mass is 306 g/mol. The van der Waals surface area contributed by atoms with Crippen molar-refractivity contribution in [2.45, 2.75) is 26.7 Å². The number of benzene rings is 1. The summed E-state index contributed by atoms with van der Waals surface area (Å²) in [5.41, 5.74) is 1.71. The summed E-state index contributed by atoms with van der Waals surface area (Å²) in [5.74, 6) is 0.180. The average molecular weight is 306 g/mol. The molecule has 0 aliphatic carbocycles. The van der Waals surface area contributed by atoms with Gasteiger partial charge in [-0.3, -0.25) is 4.79 Å². The number of halogens is 1. The van der Waals surface area contributed by atoms with Gasteiger partial charge in [0, 0.05) is 30.3 Å². The Kier molecular flexibility index (Phi) is 5.44. The van der Waals surface area contributed by atoms with Gasteiger partial charge in [-0.2, -0.15) is 0 Å². The molecule has 0 fully saturated rings. The molecule has 21 heavy (non-hydrogen) atoms. The number of aromatic nitrogens is 1. The SMILES string of the molecule is CC(C)CC(=O)NCCc1csc(-c2cccc(F)c2)n1. The Balaban J connectivity index is 1.88. The van der Waals surface area contributed by atoms with Crippen molar-refractivity contribution in [3.8, 4) is 10.6 Å². The summed E-state index contributed by atoms with van der Waals surface area (Å²) in [6.07, 6.45) is 1.24. The van der Waals surface area contributed by atoms with Crippen molar-refractivity contribution < 1.29 is 9.18 Å². The number of nitrogens with one attached hydrogen (secondary N) is 1. The number of hydrogen-bond donors (Lipinski definition) is 1. The van der Waals surface area contributed by atoms with Crippen LogP contribution in [0.5, 0.6) is 0 Å². The average Bonchev–Trinajstić information content (AvgIpc) is 2.86. The fourth-order valence-corrected chi connectivity index (χ4v) is 2.80. The van der Waals surface area contributed by atoms with Crippen molar-refractivity contribution in [2.24, 2.45) is 5.92 Å². The van der Waals surface area contributed by atoms with E-state index in [1.807, 2.05) is 25.3 Å². The van der Waals surface area contributed by atoms with Gasteiger partial charge in [0.2, 0.25) is 5.91 Å². The first-order chi connectivity index (χ1) is 10.0. The number of hydrogen-bond acceptors (Lipinski definition) is 3. The summed E-state index contributed by atoms with van der Waals surface area (Å²) in [6.45, 7) is 4.62. The lowest BCUT2D eigenvalue weighted by atomic mass is 10.1. The van der Waals surface area contributed by atoms with Crippen LogP contribution in [-0.2, 0) is 11.2 Å². The third-order valence-corrected chi connectivity index (χ3v) is 3.86. The van der Waals surface area contributed by atoms with E-state index in [1.54, 1.807) is 6.07 Å². The van der Waals surface area contributed by atoms with Crippen molar-refractivity contribution in [2.75, 3.05) is 6.54 Å². The van der Waals surface area contributed by atoms with Gasteiger partial charge in [0.15, 0.2) is 0 Å². The minimum atomic E-state index is -0.259. The van der Waals surface area contributed by atoms with Crippen LogP contribution in [0.2, 0.25) is 0 Å². The van der Waals surface area contributed by atoms with Crippen LogP contribution < -0.4 is 5.32 Å². The molecule has 1 amide bonds. The van der Waals surface area contributed by atoms with Gasteiger partial charge in [-0.1, -0.05) is 26.0 Å². The zero-order chi connectivity index (χ0) is 15.2. The highest BCUT2D eigenvalue weighted by molar-refractivity contribution is 7.13. The molecule has 0 unspecified atom stereocenters. The van der Waals surface area contributed by atoms with E-state index in [0.29, 0.717) is 25.3 Å². The number of carbonyl (C=O) groups excluding carboxylic acids is 1. The van der Waals surface area contributed by atoms with Crippen LogP contribution in [0.25, 0.3) is 10.6 Å². The zero-order valence-electron chi connectivity index (χ0n) is 12.2. The molecule has 0 bridgehead atoms. The third kappa shape index (κ3) is 4.93. The molecule has 0 aliphatic heterocycles. The summed E-state index contributed by atoms with van der Waals surface area (Å²) >= 11 is 1.49. The second-order valence-corrected chi connectivity index (χ2v) is 6.21. The van der Waals surface area contributed by atoms with Crippen molar-refractivity contribution in [3.63, 3.8) is 0 Å². The lowest BCUT2D eigenvalue weighted by Gasteiger charge is -2.05. The number of nitrogens with zero attached hydrogens (tertiary/aromatic N) is 1. The van der Waals surface area contributed by atoms with E-state index >= 15 is 0 Å². The quantitative estimate of drug-likeness (QED) is 0.885. The van der Waals surface area contributed by atoms with Gasteiger partial charge in [-0.15, -0.1) is 11.3 Å². The van der Waals surface area contributed by atoms with Gasteiger partial charge >= 0.3 is 0 Å². The van der Waals surface area contributed by atoms with Crippen LogP contribution in [-0.4, -0.2) is 17.4 Å². The van der Waals surface area contributed by atoms with Crippen LogP contribution in [0.1, 0.15) is 26.0 Å². The molecular weight excluding hydrogens is 287 g/mol. The third-order valence-electron chi connectivity index (χ3n) is 2.92. The first kappa shape index (κ1) is 15.6. The lowest BCUT2D eigenvalue weighted by molar-refractivity contribution is -0.121. The van der Waals surface area contributed by atoms with Crippen LogP contribution in [0.15, 0.2) is 29.6 Å². The van der Waals surface area contributed by atoms with Gasteiger partial charge in [-0.25, -0.2) is 9.37 Å². The highest BCUT2D eigenvalue weighted by atomic mass is 32.1. The fourth-order valence-electron chi connectivity index (χ4n) is 1.95. The predicted molar refractivity (Wildman–Crippen MR) is 83.7 cm³/mol. The van der Waals surface area contributed by atoms with Gasteiger partial charge in [0.25, 0.3) is 0 Å². The van der Waals surface area contributed by atoms with Crippen molar-refractivity contribution in [1.29, 1.82) is 0 Å². The van der Waals surface area contributed by atoms with Gasteiger partial charge in [-0.05, 0) is 18.1 Å². The highest BCUT2D eigenvalue weighted by Crippen LogP contribution is 2.24. The Hall–Kier alpha value is -1.75. The molecule has 0 atom stereocenters. The molecule has 112 valence electrons. The van der Waals surface area contributed by atoms with E-state index in [2.05, 4.69) is 10.3 Å². The summed E-state index contributed by atoms with van der Waals surface area (Å²) < 4.78 is 13.2. The van der Waals surface area contributed by atoms with E-state index in [1.165, 1.54) is 23.5 Å². The molecule has 2 aromatic rings. The molecule has 0 saturated carbocycles. The summed E-state index contributed by atoms with van der Waals surface area (Å²) in [7, 11) is 0. The van der Waals surface area contributed by atoms with Crippen molar-refractivity contribution in [3.05, 3.63) is 41.2 Å². The van der Waals surface area contributed by atoms with Crippen molar-refractivity contribution in [1.82, 2.24) is 10.3 Å². The van der Waals surface area contributed by atoms with Gasteiger partial charge in [0.05, 0.1) is 5.69 Å².